The van der Waals surface area contributed by atoms with Crippen LogP contribution in [0.25, 0.3) is 11.1 Å². The highest BCUT2D eigenvalue weighted by Gasteiger charge is 2.06. The summed E-state index contributed by atoms with van der Waals surface area (Å²) in [7, 11) is 0. The lowest BCUT2D eigenvalue weighted by atomic mass is 10.3. The zero-order chi connectivity index (χ0) is 11.7. The average molecular weight is 246 g/mol. The molecule has 5 heteroatoms. The number of aromatic nitrogens is 2. The molecule has 3 rings (SSSR count). The summed E-state index contributed by atoms with van der Waals surface area (Å²) in [5.74, 6) is 0.685. The quantitative estimate of drug-likeness (QED) is 0.749. The van der Waals surface area contributed by atoms with Gasteiger partial charge >= 0.3 is 6.01 Å². The minimum atomic E-state index is 0.404. The highest BCUT2D eigenvalue weighted by Crippen LogP contribution is 2.23. The Morgan fingerprint density at radius 2 is 2.12 bits per heavy atom. The maximum absolute atomic E-state index is 5.87. The third kappa shape index (κ3) is 2.07. The Bertz CT molecular complexity index is 651. The van der Waals surface area contributed by atoms with E-state index in [-0.39, 0.29) is 0 Å². The Morgan fingerprint density at radius 1 is 1.18 bits per heavy atom. The summed E-state index contributed by atoms with van der Waals surface area (Å²) in [5.41, 5.74) is 1.41. The number of rotatable bonds is 2. The van der Waals surface area contributed by atoms with Gasteiger partial charge in [0.1, 0.15) is 11.3 Å². The standard InChI is InChI=1S/C12H8ClN3O/c13-8-4-5-10-9(7-8)15-12(17-10)16-11-3-1-2-6-14-11/h1-7H,(H,14,15,16). The minimum Gasteiger partial charge on any atom is -0.423 e. The lowest BCUT2D eigenvalue weighted by molar-refractivity contribution is 0.622. The molecule has 3 aromatic rings. The molecular formula is C12H8ClN3O. The van der Waals surface area contributed by atoms with E-state index in [1.165, 1.54) is 0 Å². The monoisotopic (exact) mass is 245 g/mol. The second-order valence-corrected chi connectivity index (χ2v) is 3.91. The molecule has 0 radical (unpaired) electrons. The Balaban J connectivity index is 1.96. The molecule has 4 nitrogen and oxygen atoms in total. The molecule has 2 heterocycles. The summed E-state index contributed by atoms with van der Waals surface area (Å²) in [6.07, 6.45) is 1.70. The van der Waals surface area contributed by atoms with Gasteiger partial charge in [-0.1, -0.05) is 17.7 Å². The molecule has 0 unspecified atom stereocenters. The Kier molecular flexibility index (Phi) is 2.42. The molecule has 0 aliphatic rings. The molecule has 0 fully saturated rings. The first-order valence-electron chi connectivity index (χ1n) is 5.05. The first-order valence-corrected chi connectivity index (χ1v) is 5.43. The van der Waals surface area contributed by atoms with E-state index in [0.717, 1.165) is 5.52 Å². The van der Waals surface area contributed by atoms with Crippen molar-refractivity contribution in [3.8, 4) is 0 Å². The van der Waals surface area contributed by atoms with Crippen LogP contribution in [-0.4, -0.2) is 9.97 Å². The molecule has 2 aromatic heterocycles. The minimum absolute atomic E-state index is 0.404. The van der Waals surface area contributed by atoms with Gasteiger partial charge in [-0.3, -0.25) is 5.32 Å². The normalized spacial score (nSPS) is 10.6. The average Bonchev–Trinajstić information content (AvgIpc) is 2.71. The van der Waals surface area contributed by atoms with Crippen molar-refractivity contribution in [3.63, 3.8) is 0 Å². The van der Waals surface area contributed by atoms with Crippen LogP contribution in [0.4, 0.5) is 11.8 Å². The van der Waals surface area contributed by atoms with Crippen LogP contribution in [-0.2, 0) is 0 Å². The lowest BCUT2D eigenvalue weighted by Crippen LogP contribution is -1.91. The van der Waals surface area contributed by atoms with Crippen molar-refractivity contribution < 1.29 is 4.42 Å². The van der Waals surface area contributed by atoms with Crippen molar-refractivity contribution in [2.24, 2.45) is 0 Å². The summed E-state index contributed by atoms with van der Waals surface area (Å²) in [4.78, 5) is 8.39. The number of nitrogens with one attached hydrogen (secondary N) is 1. The number of pyridine rings is 1. The molecule has 0 aliphatic heterocycles. The van der Waals surface area contributed by atoms with Crippen molar-refractivity contribution in [2.75, 3.05) is 5.32 Å². The maximum Gasteiger partial charge on any atom is 0.301 e. The molecule has 0 saturated heterocycles. The molecule has 0 atom stereocenters. The number of hydrogen-bond acceptors (Lipinski definition) is 4. The van der Waals surface area contributed by atoms with E-state index in [1.54, 1.807) is 24.4 Å². The van der Waals surface area contributed by atoms with E-state index in [2.05, 4.69) is 15.3 Å². The van der Waals surface area contributed by atoms with Crippen LogP contribution in [0.3, 0.4) is 0 Å². The molecule has 1 aromatic carbocycles. The van der Waals surface area contributed by atoms with E-state index < -0.39 is 0 Å². The molecule has 0 spiro atoms. The van der Waals surface area contributed by atoms with E-state index in [1.807, 2.05) is 18.2 Å². The first kappa shape index (κ1) is 10.1. The number of anilines is 2. The van der Waals surface area contributed by atoms with Gasteiger partial charge in [0.2, 0.25) is 0 Å². The Hall–Kier alpha value is -2.07. The number of halogens is 1. The molecule has 84 valence electrons. The van der Waals surface area contributed by atoms with Crippen LogP contribution in [0.15, 0.2) is 47.0 Å². The number of oxazole rings is 1. The fourth-order valence-corrected chi connectivity index (χ4v) is 1.67. The fourth-order valence-electron chi connectivity index (χ4n) is 1.50. The van der Waals surface area contributed by atoms with Crippen LogP contribution < -0.4 is 5.32 Å². The molecule has 0 bridgehead atoms. The second kappa shape index (κ2) is 4.07. The second-order valence-electron chi connectivity index (χ2n) is 3.47. The van der Waals surface area contributed by atoms with Crippen molar-refractivity contribution in [3.05, 3.63) is 47.6 Å². The van der Waals surface area contributed by atoms with Crippen LogP contribution in [0.2, 0.25) is 5.02 Å². The van der Waals surface area contributed by atoms with Crippen LogP contribution in [0.5, 0.6) is 0 Å². The van der Waals surface area contributed by atoms with E-state index in [0.29, 0.717) is 22.4 Å². The van der Waals surface area contributed by atoms with Crippen LogP contribution >= 0.6 is 11.6 Å². The number of nitrogens with zero attached hydrogens (tertiary/aromatic N) is 2. The predicted molar refractivity (Wildman–Crippen MR) is 66.5 cm³/mol. The van der Waals surface area contributed by atoms with E-state index in [9.17, 15) is 0 Å². The SMILES string of the molecule is Clc1ccc2oc(Nc3ccccn3)nc2c1. The van der Waals surface area contributed by atoms with Crippen molar-refractivity contribution in [2.45, 2.75) is 0 Å². The third-order valence-electron chi connectivity index (χ3n) is 2.25. The largest absolute Gasteiger partial charge is 0.423 e. The summed E-state index contributed by atoms with van der Waals surface area (Å²) in [6.45, 7) is 0. The maximum atomic E-state index is 5.87. The van der Waals surface area contributed by atoms with Crippen molar-refractivity contribution in [1.29, 1.82) is 0 Å². The summed E-state index contributed by atoms with van der Waals surface area (Å²) in [5, 5.41) is 3.62. The van der Waals surface area contributed by atoms with Crippen LogP contribution in [0.1, 0.15) is 0 Å². The van der Waals surface area contributed by atoms with Gasteiger partial charge in [-0.15, -0.1) is 0 Å². The van der Waals surface area contributed by atoms with Gasteiger partial charge in [0.15, 0.2) is 5.58 Å². The zero-order valence-electron chi connectivity index (χ0n) is 8.72. The molecule has 17 heavy (non-hydrogen) atoms. The van der Waals surface area contributed by atoms with Crippen LogP contribution in [0, 0.1) is 0 Å². The Morgan fingerprint density at radius 3 is 2.94 bits per heavy atom. The molecule has 0 aliphatic carbocycles. The van der Waals surface area contributed by atoms with Gasteiger partial charge in [-0.25, -0.2) is 4.98 Å². The highest BCUT2D eigenvalue weighted by molar-refractivity contribution is 6.31. The van der Waals surface area contributed by atoms with E-state index in [4.69, 9.17) is 16.0 Å². The number of hydrogen-bond donors (Lipinski definition) is 1. The Labute approximate surface area is 102 Å². The van der Waals surface area contributed by atoms with Crippen molar-refractivity contribution in [1.82, 2.24) is 9.97 Å². The van der Waals surface area contributed by atoms with Gasteiger partial charge < -0.3 is 4.42 Å². The lowest BCUT2D eigenvalue weighted by Gasteiger charge is -1.97. The third-order valence-corrected chi connectivity index (χ3v) is 2.48. The van der Waals surface area contributed by atoms with Gasteiger partial charge in [0, 0.05) is 11.2 Å². The number of benzene rings is 1. The number of fused-ring (bicyclic) bond motifs is 1. The predicted octanol–water partition coefficient (Wildman–Crippen LogP) is 3.62. The fraction of sp³-hybridized carbons (Fsp3) is 0. The summed E-state index contributed by atoms with van der Waals surface area (Å²) in [6, 6.07) is 11.3. The first-order chi connectivity index (χ1) is 8.31. The van der Waals surface area contributed by atoms with Gasteiger partial charge in [-0.05, 0) is 30.3 Å². The molecule has 0 amide bonds. The van der Waals surface area contributed by atoms with E-state index >= 15 is 0 Å². The zero-order valence-corrected chi connectivity index (χ0v) is 9.48. The molecule has 0 saturated carbocycles. The molecule has 1 N–H and O–H groups in total. The topological polar surface area (TPSA) is 51.0 Å². The molecular weight excluding hydrogens is 238 g/mol. The smallest absolute Gasteiger partial charge is 0.301 e. The van der Waals surface area contributed by atoms with Gasteiger partial charge in [-0.2, -0.15) is 4.98 Å². The summed E-state index contributed by atoms with van der Waals surface area (Å²) < 4.78 is 5.51. The summed E-state index contributed by atoms with van der Waals surface area (Å²) >= 11 is 5.87. The van der Waals surface area contributed by atoms with Gasteiger partial charge in [0.25, 0.3) is 0 Å². The van der Waals surface area contributed by atoms with Crippen molar-refractivity contribution >= 4 is 34.5 Å². The highest BCUT2D eigenvalue weighted by atomic mass is 35.5. The van der Waals surface area contributed by atoms with Gasteiger partial charge in [0.05, 0.1) is 0 Å².